The largest absolute Gasteiger partial charge is 0.394 e. The number of hydrogen-bond acceptors (Lipinski definition) is 13. The van der Waals surface area contributed by atoms with E-state index in [0.29, 0.717) is 12.8 Å². The fourth-order valence-electron chi connectivity index (χ4n) is 14.0. The van der Waals surface area contributed by atoms with Crippen LogP contribution in [0.15, 0.2) is 0 Å². The zero-order valence-electron chi connectivity index (χ0n) is 60.1. The van der Waals surface area contributed by atoms with Gasteiger partial charge < -0.3 is 65.1 Å². The lowest BCUT2D eigenvalue weighted by Crippen LogP contribution is -2.65. The molecule has 14 nitrogen and oxygen atoms in total. The Hall–Kier alpha value is -1.01. The van der Waals surface area contributed by atoms with E-state index in [1.165, 1.54) is 321 Å². The van der Waals surface area contributed by atoms with E-state index in [1.807, 2.05) is 0 Å². The Balaban J connectivity index is 1.54. The molecule has 2 aliphatic rings. The fourth-order valence-corrected chi connectivity index (χ4v) is 14.0. The molecule has 548 valence electrons. The quantitative estimate of drug-likeness (QED) is 0.0259. The van der Waals surface area contributed by atoms with Crippen LogP contribution in [0.1, 0.15) is 399 Å². The highest BCUT2D eigenvalue weighted by molar-refractivity contribution is 5.76. The number of carbonyl (C=O) groups excluding carboxylic acids is 1. The highest BCUT2D eigenvalue weighted by atomic mass is 16.7. The van der Waals surface area contributed by atoms with Crippen LogP contribution in [0.5, 0.6) is 0 Å². The van der Waals surface area contributed by atoms with Gasteiger partial charge in [-0.1, -0.05) is 380 Å². The molecular formula is C78H153NO13. The number of aliphatic hydroxyl groups excluding tert-OH is 8. The first kappa shape index (κ1) is 87.1. The number of amides is 1. The van der Waals surface area contributed by atoms with Gasteiger partial charge in [0.05, 0.1) is 32.0 Å². The lowest BCUT2D eigenvalue weighted by atomic mass is 9.97. The zero-order chi connectivity index (χ0) is 66.6. The summed E-state index contributed by atoms with van der Waals surface area (Å²) >= 11 is 0. The molecule has 2 rings (SSSR count). The number of ether oxygens (including phenoxy) is 4. The van der Waals surface area contributed by atoms with Gasteiger partial charge in [-0.3, -0.25) is 4.79 Å². The van der Waals surface area contributed by atoms with Crippen LogP contribution in [0, 0.1) is 0 Å². The molecule has 14 heteroatoms. The van der Waals surface area contributed by atoms with Crippen molar-refractivity contribution in [3.8, 4) is 0 Å². The third-order valence-electron chi connectivity index (χ3n) is 20.3. The highest BCUT2D eigenvalue weighted by Gasteiger charge is 2.51. The van der Waals surface area contributed by atoms with Gasteiger partial charge in [0.25, 0.3) is 0 Å². The van der Waals surface area contributed by atoms with Gasteiger partial charge in [-0.25, -0.2) is 0 Å². The number of aliphatic hydroxyl groups is 8. The zero-order valence-corrected chi connectivity index (χ0v) is 60.1. The van der Waals surface area contributed by atoms with Crippen LogP contribution >= 0.6 is 0 Å². The maximum Gasteiger partial charge on any atom is 0.220 e. The van der Waals surface area contributed by atoms with E-state index in [0.717, 1.165) is 51.4 Å². The minimum atomic E-state index is -1.78. The molecule has 0 aromatic heterocycles. The summed E-state index contributed by atoms with van der Waals surface area (Å²) in [6.07, 6.45) is 61.7. The molecule has 0 saturated carbocycles. The van der Waals surface area contributed by atoms with Crippen molar-refractivity contribution in [2.45, 2.75) is 473 Å². The molecule has 12 unspecified atom stereocenters. The molecule has 12 atom stereocenters. The molecule has 0 spiro atoms. The SMILES string of the molecule is CCCCCCCCCCCCCCCCCCCCCCCCCCCCCCCCCCCCCCCCCC(=O)NC(COC1OC(CO)C(OC2OC(CO)C(O)C(O)C2O)C(O)C1O)C(O)CCCCCCCCCCCCCCCCCCCCC. The predicted molar refractivity (Wildman–Crippen MR) is 379 cm³/mol. The number of carbonyl (C=O) groups is 1. The lowest BCUT2D eigenvalue weighted by molar-refractivity contribution is -0.359. The van der Waals surface area contributed by atoms with E-state index in [2.05, 4.69) is 19.2 Å². The number of rotatable bonds is 69. The minimum Gasteiger partial charge on any atom is -0.394 e. The van der Waals surface area contributed by atoms with Crippen molar-refractivity contribution in [1.82, 2.24) is 5.32 Å². The topological polar surface area (TPSA) is 228 Å². The Labute approximate surface area is 565 Å². The van der Waals surface area contributed by atoms with Crippen LogP contribution in [-0.4, -0.2) is 140 Å². The predicted octanol–water partition coefficient (Wildman–Crippen LogP) is 17.9. The molecule has 2 saturated heterocycles. The van der Waals surface area contributed by atoms with E-state index < -0.39 is 86.8 Å². The first-order valence-corrected chi connectivity index (χ1v) is 40.3. The van der Waals surface area contributed by atoms with E-state index in [1.54, 1.807) is 0 Å². The molecule has 0 bridgehead atoms. The average molecular weight is 1310 g/mol. The second kappa shape index (κ2) is 63.4. The Kier molecular flexibility index (Phi) is 60.0. The van der Waals surface area contributed by atoms with E-state index in [9.17, 15) is 45.6 Å². The summed E-state index contributed by atoms with van der Waals surface area (Å²) in [5, 5.41) is 87.7. The molecule has 0 aromatic carbocycles. The maximum absolute atomic E-state index is 13.4. The van der Waals surface area contributed by atoms with Gasteiger partial charge in [-0.05, 0) is 12.8 Å². The van der Waals surface area contributed by atoms with Crippen molar-refractivity contribution in [1.29, 1.82) is 0 Å². The summed E-state index contributed by atoms with van der Waals surface area (Å²) in [6.45, 7) is 2.94. The molecule has 0 radical (unpaired) electrons. The molecule has 2 fully saturated rings. The summed E-state index contributed by atoms with van der Waals surface area (Å²) in [4.78, 5) is 13.4. The Morgan fingerprint density at radius 3 is 0.924 bits per heavy atom. The standard InChI is InChI=1S/C78H153NO13/c1-3-5-7-9-11-13-15-17-19-21-23-24-25-26-27-28-29-30-31-32-33-34-35-36-37-38-39-40-41-42-44-46-48-50-52-54-56-58-60-62-70(83)79-66(67(82)61-59-57-55-53-51-49-47-45-43-22-20-18-16-14-12-10-8-6-4-2)65-89-77-75(88)73(86)76(69(64-81)91-77)92-78-74(87)72(85)71(84)68(63-80)90-78/h66-69,71-78,80-82,84-88H,3-65H2,1-2H3,(H,79,83). The third-order valence-corrected chi connectivity index (χ3v) is 20.3. The van der Waals surface area contributed by atoms with Crippen LogP contribution < -0.4 is 5.32 Å². The van der Waals surface area contributed by atoms with Gasteiger partial charge in [0.15, 0.2) is 12.6 Å². The molecule has 0 aromatic rings. The van der Waals surface area contributed by atoms with Gasteiger partial charge in [-0.15, -0.1) is 0 Å². The van der Waals surface area contributed by atoms with Crippen LogP contribution in [0.2, 0.25) is 0 Å². The first-order chi connectivity index (χ1) is 45.1. The van der Waals surface area contributed by atoms with Gasteiger partial charge >= 0.3 is 0 Å². The summed E-state index contributed by atoms with van der Waals surface area (Å²) in [5.41, 5.74) is 0. The molecular weight excluding hydrogens is 1160 g/mol. The Morgan fingerprint density at radius 1 is 0.348 bits per heavy atom. The maximum atomic E-state index is 13.4. The van der Waals surface area contributed by atoms with Crippen molar-refractivity contribution >= 4 is 5.91 Å². The summed E-state index contributed by atoms with van der Waals surface area (Å²) in [5.74, 6) is -0.196. The fraction of sp³-hybridized carbons (Fsp3) is 0.987. The molecule has 0 aliphatic carbocycles. The van der Waals surface area contributed by atoms with Crippen molar-refractivity contribution < 1.29 is 64.6 Å². The summed E-state index contributed by atoms with van der Waals surface area (Å²) in [7, 11) is 0. The molecule has 1 amide bonds. The monoisotopic (exact) mass is 1310 g/mol. The van der Waals surface area contributed by atoms with E-state index in [-0.39, 0.29) is 12.5 Å². The van der Waals surface area contributed by atoms with Crippen molar-refractivity contribution in [3.05, 3.63) is 0 Å². The van der Waals surface area contributed by atoms with Crippen LogP contribution in [0.4, 0.5) is 0 Å². The Morgan fingerprint density at radius 2 is 0.620 bits per heavy atom. The van der Waals surface area contributed by atoms with Crippen LogP contribution in [0.25, 0.3) is 0 Å². The Bertz CT molecular complexity index is 1550. The van der Waals surface area contributed by atoms with E-state index >= 15 is 0 Å². The second-order valence-corrected chi connectivity index (χ2v) is 28.9. The van der Waals surface area contributed by atoms with Gasteiger partial charge in [-0.2, -0.15) is 0 Å². The van der Waals surface area contributed by atoms with E-state index in [4.69, 9.17) is 18.9 Å². The molecule has 2 aliphatic heterocycles. The molecule has 92 heavy (non-hydrogen) atoms. The summed E-state index contributed by atoms with van der Waals surface area (Å²) < 4.78 is 23.0. The van der Waals surface area contributed by atoms with Gasteiger partial charge in [0, 0.05) is 6.42 Å². The van der Waals surface area contributed by atoms with Crippen molar-refractivity contribution in [2.75, 3.05) is 19.8 Å². The lowest BCUT2D eigenvalue weighted by Gasteiger charge is -2.46. The number of nitrogens with one attached hydrogen (secondary N) is 1. The van der Waals surface area contributed by atoms with Crippen molar-refractivity contribution in [2.24, 2.45) is 0 Å². The smallest absolute Gasteiger partial charge is 0.220 e. The highest BCUT2D eigenvalue weighted by Crippen LogP contribution is 2.31. The third kappa shape index (κ3) is 46.3. The van der Waals surface area contributed by atoms with Crippen LogP contribution in [0.3, 0.4) is 0 Å². The number of hydrogen-bond donors (Lipinski definition) is 9. The van der Waals surface area contributed by atoms with Gasteiger partial charge in [0.1, 0.15) is 48.8 Å². The normalized spacial score (nSPS) is 22.5. The number of unbranched alkanes of at least 4 members (excludes halogenated alkanes) is 56. The average Bonchev–Trinajstić information content (AvgIpc) is 1.05. The molecule has 9 N–H and O–H groups in total. The second-order valence-electron chi connectivity index (χ2n) is 28.9. The molecule has 2 heterocycles. The van der Waals surface area contributed by atoms with Crippen LogP contribution in [-0.2, 0) is 23.7 Å². The summed E-state index contributed by atoms with van der Waals surface area (Å²) in [6, 6.07) is -0.825. The van der Waals surface area contributed by atoms with Crippen molar-refractivity contribution in [3.63, 3.8) is 0 Å². The van der Waals surface area contributed by atoms with Gasteiger partial charge in [0.2, 0.25) is 5.91 Å². The first-order valence-electron chi connectivity index (χ1n) is 40.3. The minimum absolute atomic E-state index is 0.196.